The maximum absolute atomic E-state index is 12.2. The lowest BCUT2D eigenvalue weighted by Gasteiger charge is -2.24. The molecule has 0 spiro atoms. The summed E-state index contributed by atoms with van der Waals surface area (Å²) >= 11 is 0. The Morgan fingerprint density at radius 3 is 2.41 bits per heavy atom. The highest BCUT2D eigenvalue weighted by atomic mass is 16.6. The van der Waals surface area contributed by atoms with Crippen LogP contribution in [0.25, 0.3) is 0 Å². The zero-order chi connectivity index (χ0) is 16.8. The van der Waals surface area contributed by atoms with E-state index in [0.29, 0.717) is 18.5 Å². The van der Waals surface area contributed by atoms with Gasteiger partial charge in [0, 0.05) is 12.1 Å². The van der Waals surface area contributed by atoms with Crippen LogP contribution in [0.3, 0.4) is 0 Å². The Morgan fingerprint density at radius 2 is 1.86 bits per heavy atom. The molecule has 0 bridgehead atoms. The van der Waals surface area contributed by atoms with Crippen molar-refractivity contribution in [3.05, 3.63) is 35.4 Å². The number of carbonyl (C=O) groups is 2. The molecule has 0 fully saturated rings. The molecule has 5 heteroatoms. The fourth-order valence-electron chi connectivity index (χ4n) is 2.07. The molecule has 1 aromatic carbocycles. The predicted molar refractivity (Wildman–Crippen MR) is 86.8 cm³/mol. The molecule has 0 heterocycles. The van der Waals surface area contributed by atoms with Crippen molar-refractivity contribution in [1.29, 1.82) is 0 Å². The van der Waals surface area contributed by atoms with Gasteiger partial charge in [-0.15, -0.1) is 0 Å². The number of ether oxygens (including phenoxy) is 1. The number of benzene rings is 1. The van der Waals surface area contributed by atoms with Crippen molar-refractivity contribution in [2.75, 3.05) is 13.6 Å². The van der Waals surface area contributed by atoms with Gasteiger partial charge < -0.3 is 15.4 Å². The van der Waals surface area contributed by atoms with Crippen molar-refractivity contribution in [2.45, 2.75) is 45.8 Å². The van der Waals surface area contributed by atoms with E-state index in [1.165, 1.54) is 0 Å². The summed E-state index contributed by atoms with van der Waals surface area (Å²) in [6.45, 7) is 7.94. The number of nitrogens with one attached hydrogen (secondary N) is 2. The molecule has 0 aliphatic carbocycles. The van der Waals surface area contributed by atoms with Gasteiger partial charge in [-0.25, -0.2) is 0 Å². The Bertz CT molecular complexity index is 521. The number of rotatable bonds is 6. The van der Waals surface area contributed by atoms with E-state index >= 15 is 0 Å². The Morgan fingerprint density at radius 1 is 1.23 bits per heavy atom. The van der Waals surface area contributed by atoms with E-state index in [9.17, 15) is 9.59 Å². The molecular formula is C17H26N2O3. The minimum absolute atomic E-state index is 0.128. The molecule has 0 aliphatic heterocycles. The Labute approximate surface area is 132 Å². The van der Waals surface area contributed by atoms with E-state index in [4.69, 9.17) is 4.74 Å². The van der Waals surface area contributed by atoms with Crippen LogP contribution in [0.1, 0.15) is 43.6 Å². The smallest absolute Gasteiger partial charge is 0.323 e. The van der Waals surface area contributed by atoms with Gasteiger partial charge in [0.2, 0.25) is 0 Å². The monoisotopic (exact) mass is 306 g/mol. The highest BCUT2D eigenvalue weighted by Gasteiger charge is 2.25. The number of hydrogen-bond acceptors (Lipinski definition) is 4. The first-order valence-electron chi connectivity index (χ1n) is 7.54. The minimum atomic E-state index is -0.536. The van der Waals surface area contributed by atoms with E-state index < -0.39 is 11.6 Å². The van der Waals surface area contributed by atoms with Crippen molar-refractivity contribution >= 4 is 11.9 Å². The molecule has 0 aromatic heterocycles. The number of carbonyl (C=O) groups excluding carboxylic acids is 2. The molecule has 2 N–H and O–H groups in total. The third-order valence-electron chi connectivity index (χ3n) is 3.06. The van der Waals surface area contributed by atoms with E-state index in [1.54, 1.807) is 13.1 Å². The van der Waals surface area contributed by atoms with E-state index in [-0.39, 0.29) is 11.9 Å². The summed E-state index contributed by atoms with van der Waals surface area (Å²) in [6, 6.07) is 6.81. The highest BCUT2D eigenvalue weighted by Crippen LogP contribution is 2.14. The van der Waals surface area contributed by atoms with Gasteiger partial charge in [-0.2, -0.15) is 0 Å². The van der Waals surface area contributed by atoms with Crippen molar-refractivity contribution < 1.29 is 14.3 Å². The molecule has 5 nitrogen and oxygen atoms in total. The molecule has 0 radical (unpaired) electrons. The first-order valence-corrected chi connectivity index (χ1v) is 7.54. The van der Waals surface area contributed by atoms with Crippen LogP contribution in [0.2, 0.25) is 0 Å². The molecule has 1 atom stereocenters. The fourth-order valence-corrected chi connectivity index (χ4v) is 2.07. The van der Waals surface area contributed by atoms with Gasteiger partial charge in [-0.05, 0) is 52.8 Å². The number of esters is 1. The predicted octanol–water partition coefficient (Wildman–Crippen LogP) is 1.91. The molecule has 1 unspecified atom stereocenters. The Balaban J connectivity index is 2.92. The normalized spacial score (nSPS) is 12.6. The SMILES string of the molecule is CCNC(=O)c1ccccc1CC(NC)C(=O)OC(C)(C)C. The maximum Gasteiger partial charge on any atom is 0.323 e. The van der Waals surface area contributed by atoms with Gasteiger partial charge in [-0.3, -0.25) is 9.59 Å². The average Bonchev–Trinajstić information content (AvgIpc) is 2.43. The molecule has 1 rings (SSSR count). The second-order valence-corrected chi connectivity index (χ2v) is 6.10. The first-order chi connectivity index (χ1) is 10.3. The third kappa shape index (κ3) is 5.48. The topological polar surface area (TPSA) is 67.4 Å². The summed E-state index contributed by atoms with van der Waals surface area (Å²) in [5, 5.41) is 5.75. The maximum atomic E-state index is 12.2. The molecular weight excluding hydrogens is 280 g/mol. The molecule has 0 aliphatic rings. The van der Waals surface area contributed by atoms with Gasteiger partial charge in [0.25, 0.3) is 5.91 Å². The number of likely N-dealkylation sites (N-methyl/N-ethyl adjacent to an activating group) is 1. The van der Waals surface area contributed by atoms with E-state index in [1.807, 2.05) is 45.9 Å². The van der Waals surface area contributed by atoms with Crippen LogP contribution in [0.5, 0.6) is 0 Å². The summed E-state index contributed by atoms with van der Waals surface area (Å²) in [4.78, 5) is 24.3. The van der Waals surface area contributed by atoms with Crippen molar-refractivity contribution in [3.8, 4) is 0 Å². The first kappa shape index (κ1) is 18.2. The summed E-state index contributed by atoms with van der Waals surface area (Å²) in [5.74, 6) is -0.446. The standard InChI is InChI=1S/C17H26N2O3/c1-6-19-15(20)13-10-8-7-9-12(13)11-14(18-5)16(21)22-17(2,3)4/h7-10,14,18H,6,11H2,1-5H3,(H,19,20). The van der Waals surface area contributed by atoms with Crippen LogP contribution >= 0.6 is 0 Å². The molecule has 122 valence electrons. The summed E-state index contributed by atoms with van der Waals surface area (Å²) in [7, 11) is 1.71. The van der Waals surface area contributed by atoms with Crippen LogP contribution in [0.4, 0.5) is 0 Å². The van der Waals surface area contributed by atoms with Gasteiger partial charge in [0.15, 0.2) is 0 Å². The molecule has 1 amide bonds. The quantitative estimate of drug-likeness (QED) is 0.788. The zero-order valence-corrected chi connectivity index (χ0v) is 14.0. The summed E-state index contributed by atoms with van der Waals surface area (Å²) < 4.78 is 5.41. The second-order valence-electron chi connectivity index (χ2n) is 6.10. The molecule has 0 saturated heterocycles. The lowest BCUT2D eigenvalue weighted by atomic mass is 9.99. The molecule has 1 aromatic rings. The molecule has 22 heavy (non-hydrogen) atoms. The van der Waals surface area contributed by atoms with Crippen LogP contribution in [0, 0.1) is 0 Å². The van der Waals surface area contributed by atoms with Gasteiger partial charge in [-0.1, -0.05) is 18.2 Å². The van der Waals surface area contributed by atoms with Crippen LogP contribution in [0.15, 0.2) is 24.3 Å². The fraction of sp³-hybridized carbons (Fsp3) is 0.529. The second kappa shape index (κ2) is 7.94. The zero-order valence-electron chi connectivity index (χ0n) is 14.0. The van der Waals surface area contributed by atoms with Crippen LogP contribution in [-0.2, 0) is 16.0 Å². The lowest BCUT2D eigenvalue weighted by Crippen LogP contribution is -2.41. The van der Waals surface area contributed by atoms with E-state index in [0.717, 1.165) is 5.56 Å². The van der Waals surface area contributed by atoms with Crippen molar-refractivity contribution in [1.82, 2.24) is 10.6 Å². The number of amides is 1. The van der Waals surface area contributed by atoms with Gasteiger partial charge >= 0.3 is 5.97 Å². The largest absolute Gasteiger partial charge is 0.459 e. The van der Waals surface area contributed by atoms with Crippen molar-refractivity contribution in [3.63, 3.8) is 0 Å². The summed E-state index contributed by atoms with van der Waals surface area (Å²) in [6.07, 6.45) is 0.402. The highest BCUT2D eigenvalue weighted by molar-refractivity contribution is 5.95. The average molecular weight is 306 g/mol. The van der Waals surface area contributed by atoms with Crippen LogP contribution in [-0.4, -0.2) is 37.1 Å². The molecule has 0 saturated carbocycles. The number of hydrogen-bond donors (Lipinski definition) is 2. The Kier molecular flexibility index (Phi) is 6.56. The summed E-state index contributed by atoms with van der Waals surface area (Å²) in [5.41, 5.74) is 0.873. The lowest BCUT2D eigenvalue weighted by molar-refractivity contribution is -0.157. The Hall–Kier alpha value is -1.88. The van der Waals surface area contributed by atoms with Gasteiger partial charge in [0.1, 0.15) is 11.6 Å². The van der Waals surface area contributed by atoms with Gasteiger partial charge in [0.05, 0.1) is 0 Å². The third-order valence-corrected chi connectivity index (χ3v) is 3.06. The van der Waals surface area contributed by atoms with E-state index in [2.05, 4.69) is 10.6 Å². The minimum Gasteiger partial charge on any atom is -0.459 e. The van der Waals surface area contributed by atoms with Crippen LogP contribution < -0.4 is 10.6 Å². The van der Waals surface area contributed by atoms with Crippen molar-refractivity contribution in [2.24, 2.45) is 0 Å².